The predicted molar refractivity (Wildman–Crippen MR) is 73.7 cm³/mol. The Kier molecular flexibility index (Phi) is 4.47. The lowest BCUT2D eigenvalue weighted by Gasteiger charge is -2.24. The molecule has 1 amide bonds. The van der Waals surface area contributed by atoms with Crippen LogP contribution in [0.15, 0.2) is 4.79 Å². The number of carbonyl (C=O) groups excluding carboxylic acids is 1. The van der Waals surface area contributed by atoms with Crippen molar-refractivity contribution in [3.8, 4) is 0 Å². The quantitative estimate of drug-likeness (QED) is 0.724. The highest BCUT2D eigenvalue weighted by molar-refractivity contribution is 5.80. The highest BCUT2D eigenvalue weighted by atomic mass is 16.1. The zero-order chi connectivity index (χ0) is 14.8. The van der Waals surface area contributed by atoms with Gasteiger partial charge in [0.2, 0.25) is 5.91 Å². The van der Waals surface area contributed by atoms with Crippen molar-refractivity contribution < 1.29 is 4.79 Å². The van der Waals surface area contributed by atoms with E-state index in [4.69, 9.17) is 5.73 Å². The molecule has 4 N–H and O–H groups in total. The lowest BCUT2D eigenvalue weighted by atomic mass is 9.92. The van der Waals surface area contributed by atoms with Crippen LogP contribution in [0.4, 0.5) is 0 Å². The second kappa shape index (κ2) is 5.52. The third-order valence-corrected chi connectivity index (χ3v) is 3.21. The highest BCUT2D eigenvalue weighted by Crippen LogP contribution is 2.16. The van der Waals surface area contributed by atoms with Crippen LogP contribution in [0.25, 0.3) is 0 Å². The molecule has 1 atom stereocenters. The van der Waals surface area contributed by atoms with Crippen LogP contribution in [-0.4, -0.2) is 22.4 Å². The molecule has 1 aromatic heterocycles. The molecule has 0 aromatic carbocycles. The maximum atomic E-state index is 11.9. The summed E-state index contributed by atoms with van der Waals surface area (Å²) in [5, 5.41) is 3.16. The molecule has 0 aliphatic carbocycles. The number of primary amides is 1. The van der Waals surface area contributed by atoms with Crippen molar-refractivity contribution in [3.05, 3.63) is 27.4 Å². The fourth-order valence-corrected chi connectivity index (χ4v) is 1.84. The Morgan fingerprint density at radius 3 is 2.53 bits per heavy atom. The van der Waals surface area contributed by atoms with Crippen LogP contribution in [0.2, 0.25) is 0 Å². The SMILES string of the molecule is Cc1nc(C)c(C(C)NCC(C)(C)C(N)=O)c(=O)[nH]1. The predicted octanol–water partition coefficient (Wildman–Crippen LogP) is 0.549. The maximum Gasteiger partial charge on any atom is 0.255 e. The molecule has 0 bridgehead atoms. The molecule has 1 heterocycles. The Labute approximate surface area is 112 Å². The van der Waals surface area contributed by atoms with Gasteiger partial charge in [0.25, 0.3) is 5.56 Å². The summed E-state index contributed by atoms with van der Waals surface area (Å²) in [6.07, 6.45) is 0. The number of hydrogen-bond donors (Lipinski definition) is 3. The first-order chi connectivity index (χ1) is 8.65. The van der Waals surface area contributed by atoms with Gasteiger partial charge in [0.15, 0.2) is 0 Å². The number of aryl methyl sites for hydroxylation is 2. The Hall–Kier alpha value is -1.69. The Morgan fingerprint density at radius 1 is 1.47 bits per heavy atom. The molecule has 6 heteroatoms. The molecule has 0 fully saturated rings. The molecule has 6 nitrogen and oxygen atoms in total. The largest absolute Gasteiger partial charge is 0.369 e. The molecule has 0 radical (unpaired) electrons. The van der Waals surface area contributed by atoms with E-state index in [0.29, 0.717) is 23.6 Å². The third kappa shape index (κ3) is 3.64. The van der Waals surface area contributed by atoms with Gasteiger partial charge in [-0.25, -0.2) is 4.98 Å². The number of nitrogens with two attached hydrogens (primary N) is 1. The van der Waals surface area contributed by atoms with Crippen molar-refractivity contribution >= 4 is 5.91 Å². The summed E-state index contributed by atoms with van der Waals surface area (Å²) in [5.74, 6) is 0.218. The van der Waals surface area contributed by atoms with Crippen molar-refractivity contribution in [3.63, 3.8) is 0 Å². The van der Waals surface area contributed by atoms with E-state index in [1.807, 2.05) is 6.92 Å². The molecular formula is C13H22N4O2. The average Bonchev–Trinajstić information content (AvgIpc) is 2.24. The summed E-state index contributed by atoms with van der Waals surface area (Å²) >= 11 is 0. The summed E-state index contributed by atoms with van der Waals surface area (Å²) < 4.78 is 0. The van der Waals surface area contributed by atoms with Crippen LogP contribution < -0.4 is 16.6 Å². The van der Waals surface area contributed by atoms with Crippen molar-refractivity contribution in [2.75, 3.05) is 6.54 Å². The van der Waals surface area contributed by atoms with Gasteiger partial charge in [0, 0.05) is 18.3 Å². The number of amides is 1. The summed E-state index contributed by atoms with van der Waals surface area (Å²) in [6, 6.07) is -0.199. The average molecular weight is 266 g/mol. The fourth-order valence-electron chi connectivity index (χ4n) is 1.84. The number of aromatic nitrogens is 2. The van der Waals surface area contributed by atoms with Crippen LogP contribution in [-0.2, 0) is 4.79 Å². The molecule has 106 valence electrons. The normalized spacial score (nSPS) is 13.3. The van der Waals surface area contributed by atoms with Crippen LogP contribution in [0.1, 0.15) is 43.9 Å². The number of rotatable bonds is 5. The number of nitrogens with zero attached hydrogens (tertiary/aromatic N) is 1. The zero-order valence-corrected chi connectivity index (χ0v) is 12.1. The Balaban J connectivity index is 2.89. The summed E-state index contributed by atoms with van der Waals surface area (Å²) in [5.41, 5.74) is 5.79. The molecule has 19 heavy (non-hydrogen) atoms. The maximum absolute atomic E-state index is 11.9. The van der Waals surface area contributed by atoms with Crippen LogP contribution >= 0.6 is 0 Å². The van der Waals surface area contributed by atoms with Crippen molar-refractivity contribution in [2.45, 2.75) is 40.7 Å². The Morgan fingerprint density at radius 2 is 2.05 bits per heavy atom. The van der Waals surface area contributed by atoms with Gasteiger partial charge in [0.05, 0.1) is 11.0 Å². The first-order valence-electron chi connectivity index (χ1n) is 6.26. The van der Waals surface area contributed by atoms with Crippen molar-refractivity contribution in [1.82, 2.24) is 15.3 Å². The molecule has 1 unspecified atom stereocenters. The van der Waals surface area contributed by atoms with Gasteiger partial charge < -0.3 is 16.0 Å². The van der Waals surface area contributed by atoms with Crippen molar-refractivity contribution in [2.24, 2.45) is 11.1 Å². The van der Waals surface area contributed by atoms with Gasteiger partial charge in [-0.2, -0.15) is 0 Å². The van der Waals surface area contributed by atoms with Gasteiger partial charge in [-0.05, 0) is 34.6 Å². The van der Waals surface area contributed by atoms with E-state index in [0.717, 1.165) is 0 Å². The van der Waals surface area contributed by atoms with Crippen LogP contribution in [0, 0.1) is 19.3 Å². The summed E-state index contributed by atoms with van der Waals surface area (Å²) in [7, 11) is 0. The Bertz CT molecular complexity index is 534. The van der Waals surface area contributed by atoms with Gasteiger partial charge in [-0.15, -0.1) is 0 Å². The topological polar surface area (TPSA) is 101 Å². The first kappa shape index (κ1) is 15.4. The van der Waals surface area contributed by atoms with Gasteiger partial charge in [-0.1, -0.05) is 0 Å². The first-order valence-corrected chi connectivity index (χ1v) is 6.26. The molecule has 1 aromatic rings. The van der Waals surface area contributed by atoms with Crippen molar-refractivity contribution in [1.29, 1.82) is 0 Å². The number of nitrogens with one attached hydrogen (secondary N) is 2. The van der Waals surface area contributed by atoms with E-state index >= 15 is 0 Å². The molecule has 0 aliphatic heterocycles. The summed E-state index contributed by atoms with van der Waals surface area (Å²) in [4.78, 5) is 30.1. The molecule has 0 aliphatic rings. The molecule has 1 rings (SSSR count). The van der Waals surface area contributed by atoms with Gasteiger partial charge in [0.1, 0.15) is 5.82 Å². The second-order valence-electron chi connectivity index (χ2n) is 5.50. The monoisotopic (exact) mass is 266 g/mol. The minimum atomic E-state index is -0.660. The van der Waals surface area contributed by atoms with E-state index < -0.39 is 5.41 Å². The smallest absolute Gasteiger partial charge is 0.255 e. The third-order valence-electron chi connectivity index (χ3n) is 3.21. The molecule has 0 saturated carbocycles. The molecule has 0 saturated heterocycles. The lowest BCUT2D eigenvalue weighted by molar-refractivity contribution is -0.125. The molecule has 0 spiro atoms. The number of H-pyrrole nitrogens is 1. The molecular weight excluding hydrogens is 244 g/mol. The minimum absolute atomic E-state index is 0.151. The van der Waals surface area contributed by atoms with E-state index in [-0.39, 0.29) is 17.5 Å². The van der Waals surface area contributed by atoms with Gasteiger partial charge in [-0.3, -0.25) is 9.59 Å². The zero-order valence-electron chi connectivity index (χ0n) is 12.1. The standard InChI is InChI=1S/C13H22N4O2/c1-7(15-6-13(4,5)12(14)19)10-8(2)16-9(3)17-11(10)18/h7,15H,6H2,1-5H3,(H2,14,19)(H,16,17,18). The van der Waals surface area contributed by atoms with Crippen LogP contribution in [0.5, 0.6) is 0 Å². The van der Waals surface area contributed by atoms with E-state index in [1.165, 1.54) is 0 Å². The summed E-state index contributed by atoms with van der Waals surface area (Å²) in [6.45, 7) is 9.34. The highest BCUT2D eigenvalue weighted by Gasteiger charge is 2.26. The van der Waals surface area contributed by atoms with Crippen LogP contribution in [0.3, 0.4) is 0 Å². The fraction of sp³-hybridized carbons (Fsp3) is 0.615. The van der Waals surface area contributed by atoms with E-state index in [2.05, 4.69) is 15.3 Å². The number of carbonyl (C=O) groups is 1. The van der Waals surface area contributed by atoms with Gasteiger partial charge >= 0.3 is 0 Å². The van der Waals surface area contributed by atoms with E-state index in [9.17, 15) is 9.59 Å². The minimum Gasteiger partial charge on any atom is -0.369 e. The number of aromatic amines is 1. The van der Waals surface area contributed by atoms with E-state index in [1.54, 1.807) is 27.7 Å². The second-order valence-corrected chi connectivity index (χ2v) is 5.50. The lowest BCUT2D eigenvalue weighted by Crippen LogP contribution is -2.42. The number of hydrogen-bond acceptors (Lipinski definition) is 4.